The SMILES string of the molecule is CCCCCCCCCCCCCCCC(O)[C@H](CO)N(C)C. The molecule has 0 saturated heterocycles. The number of unbranched alkanes of at least 4 members (excludes halogenated alkanes) is 12. The fourth-order valence-corrected chi connectivity index (χ4v) is 3.19. The summed E-state index contributed by atoms with van der Waals surface area (Å²) in [5.74, 6) is 0. The highest BCUT2D eigenvalue weighted by molar-refractivity contribution is 4.74. The van der Waals surface area contributed by atoms with Crippen LogP contribution in [-0.4, -0.2) is 48.0 Å². The third-order valence-electron chi connectivity index (χ3n) is 4.90. The quantitative estimate of drug-likeness (QED) is 0.378. The molecule has 0 rings (SSSR count). The molecule has 0 aliphatic carbocycles. The van der Waals surface area contributed by atoms with Crippen molar-refractivity contribution in [3.63, 3.8) is 0 Å². The van der Waals surface area contributed by atoms with E-state index in [4.69, 9.17) is 0 Å². The topological polar surface area (TPSA) is 43.7 Å². The number of hydrogen-bond donors (Lipinski definition) is 2. The Morgan fingerprint density at radius 2 is 1.09 bits per heavy atom. The monoisotopic (exact) mass is 329 g/mol. The number of aliphatic hydroxyl groups is 2. The van der Waals surface area contributed by atoms with Gasteiger partial charge in [0.25, 0.3) is 0 Å². The summed E-state index contributed by atoms with van der Waals surface area (Å²) in [4.78, 5) is 1.91. The normalized spacial score (nSPS) is 14.3. The summed E-state index contributed by atoms with van der Waals surface area (Å²) in [6.45, 7) is 2.31. The largest absolute Gasteiger partial charge is 0.395 e. The first kappa shape index (κ1) is 22.9. The van der Waals surface area contributed by atoms with E-state index in [1.165, 1.54) is 77.0 Å². The Labute approximate surface area is 145 Å². The van der Waals surface area contributed by atoms with E-state index < -0.39 is 6.10 Å². The van der Waals surface area contributed by atoms with Gasteiger partial charge in [-0.05, 0) is 20.5 Å². The van der Waals surface area contributed by atoms with Gasteiger partial charge in [0, 0.05) is 0 Å². The molecule has 0 aromatic heterocycles. The molecule has 0 saturated carbocycles. The molecule has 0 aromatic carbocycles. The molecule has 2 N–H and O–H groups in total. The van der Waals surface area contributed by atoms with Crippen LogP contribution in [0.4, 0.5) is 0 Å². The first-order chi connectivity index (χ1) is 11.1. The van der Waals surface area contributed by atoms with Gasteiger partial charge in [0.05, 0.1) is 18.8 Å². The standard InChI is InChI=1S/C20H43NO2/c1-4-5-6-7-8-9-10-11-12-13-14-15-16-17-20(23)19(18-22)21(2)3/h19-20,22-23H,4-18H2,1-3H3/t19-,20?/m0/s1. The van der Waals surface area contributed by atoms with Crippen molar-refractivity contribution < 1.29 is 10.2 Å². The van der Waals surface area contributed by atoms with Crippen LogP contribution in [0.2, 0.25) is 0 Å². The second kappa shape index (κ2) is 16.7. The van der Waals surface area contributed by atoms with Crippen molar-refractivity contribution in [1.82, 2.24) is 4.90 Å². The van der Waals surface area contributed by atoms with Crippen molar-refractivity contribution in [3.05, 3.63) is 0 Å². The third kappa shape index (κ3) is 14.0. The molecule has 0 aromatic rings. The van der Waals surface area contributed by atoms with Crippen LogP contribution in [-0.2, 0) is 0 Å². The smallest absolute Gasteiger partial charge is 0.0717 e. The molecule has 140 valence electrons. The Morgan fingerprint density at radius 1 is 0.696 bits per heavy atom. The fourth-order valence-electron chi connectivity index (χ4n) is 3.19. The average molecular weight is 330 g/mol. The zero-order valence-corrected chi connectivity index (χ0v) is 16.1. The lowest BCUT2D eigenvalue weighted by molar-refractivity contribution is 0.0333. The highest BCUT2D eigenvalue weighted by atomic mass is 16.3. The number of hydrogen-bond acceptors (Lipinski definition) is 3. The molecule has 3 nitrogen and oxygen atoms in total. The molecule has 23 heavy (non-hydrogen) atoms. The lowest BCUT2D eigenvalue weighted by Crippen LogP contribution is -2.41. The zero-order valence-electron chi connectivity index (χ0n) is 16.1. The second-order valence-electron chi connectivity index (χ2n) is 7.31. The van der Waals surface area contributed by atoms with Gasteiger partial charge in [0.2, 0.25) is 0 Å². The van der Waals surface area contributed by atoms with Crippen LogP contribution in [0, 0.1) is 0 Å². The molecular weight excluding hydrogens is 286 g/mol. The average Bonchev–Trinajstić information content (AvgIpc) is 2.52. The Kier molecular flexibility index (Phi) is 16.6. The van der Waals surface area contributed by atoms with E-state index in [1.54, 1.807) is 0 Å². The van der Waals surface area contributed by atoms with Gasteiger partial charge in [-0.15, -0.1) is 0 Å². The van der Waals surface area contributed by atoms with Crippen LogP contribution in [0.3, 0.4) is 0 Å². The molecule has 0 fully saturated rings. The minimum Gasteiger partial charge on any atom is -0.395 e. The molecule has 1 unspecified atom stereocenters. The van der Waals surface area contributed by atoms with Gasteiger partial charge in [0.15, 0.2) is 0 Å². The van der Waals surface area contributed by atoms with Crippen LogP contribution >= 0.6 is 0 Å². The minimum atomic E-state index is -0.400. The van der Waals surface area contributed by atoms with E-state index in [9.17, 15) is 10.2 Å². The molecular formula is C20H43NO2. The van der Waals surface area contributed by atoms with Crippen molar-refractivity contribution in [1.29, 1.82) is 0 Å². The summed E-state index contributed by atoms with van der Waals surface area (Å²) in [5.41, 5.74) is 0. The highest BCUT2D eigenvalue weighted by Crippen LogP contribution is 2.14. The van der Waals surface area contributed by atoms with Crippen molar-refractivity contribution in [2.45, 2.75) is 109 Å². The summed E-state index contributed by atoms with van der Waals surface area (Å²) in [6.07, 6.45) is 17.9. The van der Waals surface area contributed by atoms with Gasteiger partial charge in [-0.3, -0.25) is 0 Å². The summed E-state index contributed by atoms with van der Waals surface area (Å²) in [6, 6.07) is -0.118. The van der Waals surface area contributed by atoms with Crippen LogP contribution in [0.15, 0.2) is 0 Å². The van der Waals surface area contributed by atoms with Crippen molar-refractivity contribution in [2.75, 3.05) is 20.7 Å². The van der Waals surface area contributed by atoms with Crippen LogP contribution in [0.5, 0.6) is 0 Å². The maximum atomic E-state index is 10.1. The van der Waals surface area contributed by atoms with Crippen LogP contribution in [0.1, 0.15) is 96.8 Å². The van der Waals surface area contributed by atoms with Gasteiger partial charge >= 0.3 is 0 Å². The van der Waals surface area contributed by atoms with Crippen molar-refractivity contribution in [3.8, 4) is 0 Å². The van der Waals surface area contributed by atoms with E-state index in [0.717, 1.165) is 12.8 Å². The molecule has 0 aliphatic rings. The van der Waals surface area contributed by atoms with Crippen molar-refractivity contribution in [2.24, 2.45) is 0 Å². The molecule has 0 bridgehead atoms. The lowest BCUT2D eigenvalue weighted by Gasteiger charge is -2.27. The highest BCUT2D eigenvalue weighted by Gasteiger charge is 2.19. The maximum Gasteiger partial charge on any atom is 0.0717 e. The van der Waals surface area contributed by atoms with Crippen molar-refractivity contribution >= 4 is 0 Å². The minimum absolute atomic E-state index is 0.0343. The number of rotatable bonds is 17. The summed E-state index contributed by atoms with van der Waals surface area (Å²) in [5, 5.41) is 19.3. The summed E-state index contributed by atoms with van der Waals surface area (Å²) in [7, 11) is 3.82. The Hall–Kier alpha value is -0.120. The third-order valence-corrected chi connectivity index (χ3v) is 4.90. The van der Waals surface area contributed by atoms with Crippen LogP contribution < -0.4 is 0 Å². The molecule has 0 amide bonds. The predicted molar refractivity (Wildman–Crippen MR) is 101 cm³/mol. The maximum absolute atomic E-state index is 10.1. The first-order valence-corrected chi connectivity index (χ1v) is 10.1. The van der Waals surface area contributed by atoms with Gasteiger partial charge in [-0.2, -0.15) is 0 Å². The Morgan fingerprint density at radius 3 is 1.43 bits per heavy atom. The lowest BCUT2D eigenvalue weighted by atomic mass is 10.0. The van der Waals surface area contributed by atoms with Gasteiger partial charge in [-0.1, -0.05) is 90.4 Å². The zero-order chi connectivity index (χ0) is 17.3. The van der Waals surface area contributed by atoms with Gasteiger partial charge in [-0.25, -0.2) is 0 Å². The molecule has 0 spiro atoms. The first-order valence-electron chi connectivity index (χ1n) is 10.1. The second-order valence-corrected chi connectivity index (χ2v) is 7.31. The number of nitrogens with zero attached hydrogens (tertiary/aromatic N) is 1. The van der Waals surface area contributed by atoms with E-state index >= 15 is 0 Å². The predicted octanol–water partition coefficient (Wildman–Crippen LogP) is 4.75. The Balaban J connectivity index is 3.27. The van der Waals surface area contributed by atoms with Crippen LogP contribution in [0.25, 0.3) is 0 Å². The fraction of sp³-hybridized carbons (Fsp3) is 1.00. The summed E-state index contributed by atoms with van der Waals surface area (Å²) >= 11 is 0. The molecule has 0 radical (unpaired) electrons. The van der Waals surface area contributed by atoms with E-state index in [0.29, 0.717) is 0 Å². The van der Waals surface area contributed by atoms with E-state index in [2.05, 4.69) is 6.92 Å². The van der Waals surface area contributed by atoms with Gasteiger partial charge in [0.1, 0.15) is 0 Å². The van der Waals surface area contributed by atoms with E-state index in [1.807, 2.05) is 19.0 Å². The molecule has 0 aliphatic heterocycles. The summed E-state index contributed by atoms with van der Waals surface area (Å²) < 4.78 is 0. The number of aliphatic hydroxyl groups excluding tert-OH is 2. The molecule has 3 heteroatoms. The Bertz CT molecular complexity index is 234. The van der Waals surface area contributed by atoms with Gasteiger partial charge < -0.3 is 15.1 Å². The molecule has 0 heterocycles. The molecule has 2 atom stereocenters. The van der Waals surface area contributed by atoms with E-state index in [-0.39, 0.29) is 12.6 Å². The number of likely N-dealkylation sites (N-methyl/N-ethyl adjacent to an activating group) is 1.